The summed E-state index contributed by atoms with van der Waals surface area (Å²) in [5, 5.41) is 12.9. The van der Waals surface area contributed by atoms with E-state index >= 15 is 0 Å². The summed E-state index contributed by atoms with van der Waals surface area (Å²) in [6.45, 7) is 5.62. The minimum atomic E-state index is -0.606. The highest BCUT2D eigenvalue weighted by Crippen LogP contribution is 2.22. The Bertz CT molecular complexity index is 1050. The summed E-state index contributed by atoms with van der Waals surface area (Å²) < 4.78 is 14.1. The molecule has 0 aliphatic carbocycles. The topological polar surface area (TPSA) is 115 Å². The highest BCUT2D eigenvalue weighted by molar-refractivity contribution is 6.05. The molecule has 0 aliphatic rings. The lowest BCUT2D eigenvalue weighted by Gasteiger charge is -2.13. The highest BCUT2D eigenvalue weighted by atomic mass is 19.1. The maximum Gasteiger partial charge on any atom is 0.280 e. The number of aromatic nitrogens is 3. The number of hydrogen-bond acceptors (Lipinski definition) is 5. The number of carbonyl (C=O) groups excluding carboxylic acids is 2. The molecule has 9 heteroatoms. The second-order valence-corrected chi connectivity index (χ2v) is 6.76. The van der Waals surface area contributed by atoms with Gasteiger partial charge >= 0.3 is 0 Å². The Labute approximate surface area is 166 Å². The summed E-state index contributed by atoms with van der Waals surface area (Å²) in [5.74, 6) is -1.41. The van der Waals surface area contributed by atoms with Crippen molar-refractivity contribution in [2.45, 2.75) is 27.3 Å². The molecular formula is C20H21FN6O2. The van der Waals surface area contributed by atoms with E-state index in [4.69, 9.17) is 5.73 Å². The van der Waals surface area contributed by atoms with Crippen molar-refractivity contribution >= 4 is 29.0 Å². The summed E-state index contributed by atoms with van der Waals surface area (Å²) in [4.78, 5) is 24.8. The lowest BCUT2D eigenvalue weighted by molar-refractivity contribution is -0.116. The number of nitrogens with one attached hydrogen (secondary N) is 2. The average molecular weight is 396 g/mol. The number of hydrogen-bond donors (Lipinski definition) is 3. The first-order valence-electron chi connectivity index (χ1n) is 8.88. The minimum absolute atomic E-state index is 0.0443. The number of carbonyl (C=O) groups is 2. The van der Waals surface area contributed by atoms with E-state index in [1.165, 1.54) is 24.3 Å². The van der Waals surface area contributed by atoms with E-state index in [9.17, 15) is 14.0 Å². The van der Waals surface area contributed by atoms with Crippen LogP contribution in [0.25, 0.3) is 0 Å². The Morgan fingerprint density at radius 2 is 1.69 bits per heavy atom. The van der Waals surface area contributed by atoms with Gasteiger partial charge in [-0.2, -0.15) is 0 Å². The molecule has 0 saturated carbocycles. The predicted molar refractivity (Wildman–Crippen MR) is 108 cm³/mol. The molecule has 0 fully saturated rings. The molecule has 0 saturated heterocycles. The van der Waals surface area contributed by atoms with Crippen LogP contribution < -0.4 is 16.4 Å². The van der Waals surface area contributed by atoms with Crippen LogP contribution in [0, 0.1) is 26.6 Å². The molecule has 0 aliphatic heterocycles. The van der Waals surface area contributed by atoms with Crippen molar-refractivity contribution in [3.8, 4) is 0 Å². The van der Waals surface area contributed by atoms with Gasteiger partial charge in [0.15, 0.2) is 11.5 Å². The minimum Gasteiger partial charge on any atom is -0.382 e. The quantitative estimate of drug-likeness (QED) is 0.613. The number of aryl methyl sites for hydroxylation is 3. The van der Waals surface area contributed by atoms with E-state index in [1.54, 1.807) is 0 Å². The molecule has 29 heavy (non-hydrogen) atoms. The smallest absolute Gasteiger partial charge is 0.280 e. The molecule has 2 aromatic carbocycles. The van der Waals surface area contributed by atoms with Crippen LogP contribution in [0.4, 0.5) is 21.6 Å². The first kappa shape index (κ1) is 20.0. The Kier molecular flexibility index (Phi) is 5.58. The van der Waals surface area contributed by atoms with Crippen molar-refractivity contribution in [2.75, 3.05) is 16.4 Å². The fourth-order valence-electron chi connectivity index (χ4n) is 3.01. The maximum atomic E-state index is 13.0. The third-order valence-electron chi connectivity index (χ3n) is 4.33. The second kappa shape index (κ2) is 8.09. The molecule has 2 amide bonds. The number of amides is 2. The van der Waals surface area contributed by atoms with Crippen LogP contribution in [0.5, 0.6) is 0 Å². The van der Waals surface area contributed by atoms with Gasteiger partial charge in [-0.05, 0) is 56.2 Å². The van der Waals surface area contributed by atoms with E-state index in [0.717, 1.165) is 27.1 Å². The van der Waals surface area contributed by atoms with Crippen LogP contribution in [-0.4, -0.2) is 26.8 Å². The summed E-state index contributed by atoms with van der Waals surface area (Å²) in [6, 6.07) is 9.21. The number of nitrogen functional groups attached to an aromatic ring is 1. The van der Waals surface area contributed by atoms with Gasteiger partial charge in [0, 0.05) is 11.4 Å². The Morgan fingerprint density at radius 3 is 2.31 bits per heavy atom. The number of nitrogens with zero attached hydrogens (tertiary/aromatic N) is 3. The van der Waals surface area contributed by atoms with Crippen LogP contribution in [0.2, 0.25) is 0 Å². The second-order valence-electron chi connectivity index (χ2n) is 6.76. The third kappa shape index (κ3) is 4.57. The van der Waals surface area contributed by atoms with Crippen LogP contribution in [0.15, 0.2) is 36.4 Å². The maximum absolute atomic E-state index is 13.0. The fraction of sp³-hybridized carbons (Fsp3) is 0.200. The molecule has 0 spiro atoms. The standard InChI is InChI=1S/C20H21FN6O2/c1-11-8-12(2)17(13(3)9-11)24-16(28)10-27-19(22)18(25-26-27)20(29)23-15-6-4-14(21)5-7-15/h4-9H,10,22H2,1-3H3,(H,23,29)(H,24,28). The third-order valence-corrected chi connectivity index (χ3v) is 4.33. The highest BCUT2D eigenvalue weighted by Gasteiger charge is 2.19. The van der Waals surface area contributed by atoms with Gasteiger partial charge < -0.3 is 16.4 Å². The van der Waals surface area contributed by atoms with Gasteiger partial charge in [0.2, 0.25) is 5.91 Å². The summed E-state index contributed by atoms with van der Waals surface area (Å²) in [7, 11) is 0. The van der Waals surface area contributed by atoms with E-state index in [-0.39, 0.29) is 24.0 Å². The monoisotopic (exact) mass is 396 g/mol. The molecule has 1 heterocycles. The zero-order valence-corrected chi connectivity index (χ0v) is 16.3. The molecule has 4 N–H and O–H groups in total. The van der Waals surface area contributed by atoms with Gasteiger partial charge in [0.25, 0.3) is 5.91 Å². The lowest BCUT2D eigenvalue weighted by atomic mass is 10.1. The molecule has 3 rings (SSSR count). The van der Waals surface area contributed by atoms with Gasteiger partial charge in [0.05, 0.1) is 0 Å². The van der Waals surface area contributed by atoms with Gasteiger partial charge in [-0.25, -0.2) is 9.07 Å². The largest absolute Gasteiger partial charge is 0.382 e. The van der Waals surface area contributed by atoms with Gasteiger partial charge in [-0.3, -0.25) is 9.59 Å². The number of nitrogens with two attached hydrogens (primary N) is 1. The predicted octanol–water partition coefficient (Wildman–Crippen LogP) is 2.82. The molecule has 150 valence electrons. The molecular weight excluding hydrogens is 375 g/mol. The number of anilines is 3. The van der Waals surface area contributed by atoms with E-state index in [0.29, 0.717) is 5.69 Å². The van der Waals surface area contributed by atoms with Crippen LogP contribution >= 0.6 is 0 Å². The number of halogens is 1. The van der Waals surface area contributed by atoms with Crippen LogP contribution in [0.1, 0.15) is 27.2 Å². The lowest BCUT2D eigenvalue weighted by Crippen LogP contribution is -2.22. The van der Waals surface area contributed by atoms with E-state index in [1.807, 2.05) is 32.9 Å². The first-order chi connectivity index (χ1) is 13.7. The zero-order valence-electron chi connectivity index (χ0n) is 16.3. The fourth-order valence-corrected chi connectivity index (χ4v) is 3.01. The van der Waals surface area contributed by atoms with Crippen molar-refractivity contribution in [1.29, 1.82) is 0 Å². The summed E-state index contributed by atoms with van der Waals surface area (Å²) in [5.41, 5.74) is 9.93. The molecule has 1 aromatic heterocycles. The first-order valence-corrected chi connectivity index (χ1v) is 8.88. The summed E-state index contributed by atoms with van der Waals surface area (Å²) >= 11 is 0. The van der Waals surface area contributed by atoms with E-state index < -0.39 is 11.7 Å². The molecule has 0 bridgehead atoms. The van der Waals surface area contributed by atoms with Crippen molar-refractivity contribution in [2.24, 2.45) is 0 Å². The van der Waals surface area contributed by atoms with E-state index in [2.05, 4.69) is 20.9 Å². The van der Waals surface area contributed by atoms with Gasteiger partial charge in [-0.1, -0.05) is 22.9 Å². The van der Waals surface area contributed by atoms with Gasteiger partial charge in [-0.15, -0.1) is 5.10 Å². The Balaban J connectivity index is 1.70. The van der Waals surface area contributed by atoms with Crippen LogP contribution in [0.3, 0.4) is 0 Å². The van der Waals surface area contributed by atoms with Crippen LogP contribution in [-0.2, 0) is 11.3 Å². The zero-order chi connectivity index (χ0) is 21.1. The van der Waals surface area contributed by atoms with Crippen molar-refractivity contribution in [1.82, 2.24) is 15.0 Å². The Morgan fingerprint density at radius 1 is 1.07 bits per heavy atom. The average Bonchev–Trinajstić information content (AvgIpc) is 3.00. The van der Waals surface area contributed by atoms with Crippen molar-refractivity contribution in [3.63, 3.8) is 0 Å². The normalized spacial score (nSPS) is 10.6. The molecule has 8 nitrogen and oxygen atoms in total. The molecule has 0 unspecified atom stereocenters. The SMILES string of the molecule is Cc1cc(C)c(NC(=O)Cn2nnc(C(=O)Nc3ccc(F)cc3)c2N)c(C)c1. The van der Waals surface area contributed by atoms with Gasteiger partial charge in [0.1, 0.15) is 12.4 Å². The number of benzene rings is 2. The Hall–Kier alpha value is -3.75. The molecule has 3 aromatic rings. The van der Waals surface area contributed by atoms with Crippen molar-refractivity contribution < 1.29 is 14.0 Å². The molecule has 0 atom stereocenters. The number of rotatable bonds is 5. The molecule has 0 radical (unpaired) electrons. The van der Waals surface area contributed by atoms with Crippen molar-refractivity contribution in [3.05, 3.63) is 64.6 Å². The summed E-state index contributed by atoms with van der Waals surface area (Å²) in [6.07, 6.45) is 0.